The zero-order valence-corrected chi connectivity index (χ0v) is 18.6. The number of benzene rings is 2. The first-order chi connectivity index (χ1) is 16.2. The van der Waals surface area contributed by atoms with E-state index in [-0.39, 0.29) is 17.9 Å². The van der Waals surface area contributed by atoms with Gasteiger partial charge in [-0.15, -0.1) is 11.3 Å². The molecular formula is C24H18F3N3O3S. The Morgan fingerprint density at radius 3 is 2.50 bits per heavy atom. The third kappa shape index (κ3) is 5.52. The van der Waals surface area contributed by atoms with Gasteiger partial charge in [0.05, 0.1) is 29.6 Å². The lowest BCUT2D eigenvalue weighted by molar-refractivity contribution is -0.136. The number of aromatic nitrogens is 1. The van der Waals surface area contributed by atoms with Crippen molar-refractivity contribution >= 4 is 34.5 Å². The summed E-state index contributed by atoms with van der Waals surface area (Å²) in [5.41, 5.74) is 0.864. The van der Waals surface area contributed by atoms with E-state index in [4.69, 9.17) is 4.42 Å². The normalized spacial score (nSPS) is 11.3. The van der Waals surface area contributed by atoms with Crippen LogP contribution in [-0.4, -0.2) is 16.8 Å². The summed E-state index contributed by atoms with van der Waals surface area (Å²) in [4.78, 5) is 28.9. The van der Waals surface area contributed by atoms with Gasteiger partial charge in [0.15, 0.2) is 5.76 Å². The van der Waals surface area contributed by atoms with E-state index in [0.717, 1.165) is 28.3 Å². The minimum Gasteiger partial charge on any atom is -0.459 e. The fourth-order valence-corrected chi connectivity index (χ4v) is 3.97. The van der Waals surface area contributed by atoms with Crippen LogP contribution in [-0.2, 0) is 17.4 Å². The van der Waals surface area contributed by atoms with Gasteiger partial charge < -0.3 is 15.1 Å². The number of thiazole rings is 1. The number of carbonyl (C=O) groups is 2. The average molecular weight is 485 g/mol. The highest BCUT2D eigenvalue weighted by Crippen LogP contribution is 2.37. The topological polar surface area (TPSA) is 84.2 Å². The fraction of sp³-hybridized carbons (Fsp3) is 0.125. The summed E-state index contributed by atoms with van der Waals surface area (Å²) in [6.45, 7) is 1.97. The van der Waals surface area contributed by atoms with Crippen molar-refractivity contribution in [3.8, 4) is 10.6 Å². The Kier molecular flexibility index (Phi) is 6.51. The largest absolute Gasteiger partial charge is 0.459 e. The number of nitrogens with zero attached hydrogens (tertiary/aromatic N) is 1. The van der Waals surface area contributed by atoms with E-state index in [1.165, 1.54) is 35.8 Å². The quantitative estimate of drug-likeness (QED) is 0.342. The molecule has 6 nitrogen and oxygen atoms in total. The Balaban J connectivity index is 1.47. The number of hydrogen-bond donors (Lipinski definition) is 2. The number of anilines is 2. The van der Waals surface area contributed by atoms with Crippen molar-refractivity contribution in [2.24, 2.45) is 0 Å². The fourth-order valence-electron chi connectivity index (χ4n) is 3.14. The second-order valence-corrected chi connectivity index (χ2v) is 8.28. The number of rotatable bonds is 6. The number of nitrogens with one attached hydrogen (secondary N) is 2. The van der Waals surface area contributed by atoms with Crippen LogP contribution in [0.2, 0.25) is 0 Å². The molecule has 34 heavy (non-hydrogen) atoms. The molecule has 2 amide bonds. The Morgan fingerprint density at radius 1 is 1.06 bits per heavy atom. The van der Waals surface area contributed by atoms with Crippen LogP contribution in [0.3, 0.4) is 0 Å². The summed E-state index contributed by atoms with van der Waals surface area (Å²) in [5.74, 6) is -1.37. The highest BCUT2D eigenvalue weighted by atomic mass is 32.1. The molecule has 10 heteroatoms. The van der Waals surface area contributed by atoms with Crippen LogP contribution in [0.4, 0.5) is 24.5 Å². The van der Waals surface area contributed by atoms with Crippen LogP contribution in [0, 0.1) is 6.92 Å². The molecule has 0 aliphatic carbocycles. The molecule has 2 N–H and O–H groups in total. The van der Waals surface area contributed by atoms with Gasteiger partial charge in [-0.1, -0.05) is 29.8 Å². The molecule has 4 aromatic rings. The predicted molar refractivity (Wildman–Crippen MR) is 123 cm³/mol. The molecule has 0 aliphatic rings. The molecule has 2 aromatic heterocycles. The highest BCUT2D eigenvalue weighted by Gasteiger charge is 2.34. The lowest BCUT2D eigenvalue weighted by atomic mass is 10.1. The smallest absolute Gasteiger partial charge is 0.418 e. The maximum Gasteiger partial charge on any atom is 0.418 e. The predicted octanol–water partition coefficient (Wildman–Crippen LogP) is 6.16. The molecule has 0 saturated carbocycles. The summed E-state index contributed by atoms with van der Waals surface area (Å²) in [6, 6.07) is 13.7. The SMILES string of the molecule is Cc1ccc(-c2nc(CC(=O)Nc3ccc(NC(=O)c4ccco4)cc3C(F)(F)F)cs2)cc1. The Morgan fingerprint density at radius 2 is 1.82 bits per heavy atom. The van der Waals surface area contributed by atoms with Crippen molar-refractivity contribution in [2.75, 3.05) is 10.6 Å². The van der Waals surface area contributed by atoms with Gasteiger partial charge in [0.1, 0.15) is 5.01 Å². The second-order valence-electron chi connectivity index (χ2n) is 7.42. The van der Waals surface area contributed by atoms with Gasteiger partial charge in [-0.3, -0.25) is 9.59 Å². The average Bonchev–Trinajstić information content (AvgIpc) is 3.47. The Labute approximate surface area is 196 Å². The summed E-state index contributed by atoms with van der Waals surface area (Å²) < 4.78 is 45.9. The second kappa shape index (κ2) is 9.52. The molecule has 0 atom stereocenters. The summed E-state index contributed by atoms with van der Waals surface area (Å²) in [7, 11) is 0. The molecular weight excluding hydrogens is 467 g/mol. The molecule has 0 fully saturated rings. The summed E-state index contributed by atoms with van der Waals surface area (Å²) in [5, 5.41) is 7.07. The highest BCUT2D eigenvalue weighted by molar-refractivity contribution is 7.13. The van der Waals surface area contributed by atoms with Crippen LogP contribution in [0.1, 0.15) is 27.4 Å². The maximum atomic E-state index is 13.6. The lowest BCUT2D eigenvalue weighted by Gasteiger charge is -2.15. The van der Waals surface area contributed by atoms with Gasteiger partial charge in [-0.2, -0.15) is 13.2 Å². The van der Waals surface area contributed by atoms with Crippen molar-refractivity contribution in [2.45, 2.75) is 19.5 Å². The standard InChI is InChI=1S/C24H18F3N3O3S/c1-14-4-6-15(7-5-14)23-29-17(13-34-23)12-21(31)30-19-9-8-16(11-18(19)24(25,26)27)28-22(32)20-3-2-10-33-20/h2-11,13H,12H2,1H3,(H,28,32)(H,30,31). The van der Waals surface area contributed by atoms with Crippen molar-refractivity contribution in [3.63, 3.8) is 0 Å². The number of carbonyl (C=O) groups excluding carboxylic acids is 2. The van der Waals surface area contributed by atoms with Gasteiger partial charge >= 0.3 is 6.18 Å². The van der Waals surface area contributed by atoms with Crippen LogP contribution >= 0.6 is 11.3 Å². The lowest BCUT2D eigenvalue weighted by Crippen LogP contribution is -2.19. The van der Waals surface area contributed by atoms with Crippen LogP contribution < -0.4 is 10.6 Å². The maximum absolute atomic E-state index is 13.6. The molecule has 0 unspecified atom stereocenters. The van der Waals surface area contributed by atoms with Gasteiger partial charge in [0.25, 0.3) is 5.91 Å². The minimum absolute atomic E-state index is 0.0424. The molecule has 0 saturated heterocycles. The van der Waals surface area contributed by atoms with E-state index in [0.29, 0.717) is 5.69 Å². The zero-order chi connectivity index (χ0) is 24.3. The van der Waals surface area contributed by atoms with Gasteiger partial charge in [0.2, 0.25) is 5.91 Å². The minimum atomic E-state index is -4.76. The van der Waals surface area contributed by atoms with Crippen molar-refractivity contribution < 1.29 is 27.2 Å². The molecule has 4 rings (SSSR count). The van der Waals surface area contributed by atoms with Crippen LogP contribution in [0.15, 0.2) is 70.7 Å². The number of furan rings is 1. The monoisotopic (exact) mass is 485 g/mol. The van der Waals surface area contributed by atoms with E-state index >= 15 is 0 Å². The molecule has 0 spiro atoms. The summed E-state index contributed by atoms with van der Waals surface area (Å²) in [6.07, 6.45) is -3.66. The first-order valence-corrected chi connectivity index (χ1v) is 10.9. The van der Waals surface area contributed by atoms with E-state index in [1.54, 1.807) is 5.38 Å². The molecule has 174 valence electrons. The third-order valence-electron chi connectivity index (χ3n) is 4.79. The first-order valence-electron chi connectivity index (χ1n) is 10.1. The number of alkyl halides is 3. The van der Waals surface area contributed by atoms with Crippen LogP contribution in [0.5, 0.6) is 0 Å². The number of hydrogen-bond acceptors (Lipinski definition) is 5. The Bertz CT molecular complexity index is 1310. The van der Waals surface area contributed by atoms with E-state index in [9.17, 15) is 22.8 Å². The molecule has 2 heterocycles. The van der Waals surface area contributed by atoms with Crippen molar-refractivity contribution in [1.82, 2.24) is 4.98 Å². The van der Waals surface area contributed by atoms with Crippen LogP contribution in [0.25, 0.3) is 10.6 Å². The Hall–Kier alpha value is -3.92. The first kappa shape index (κ1) is 23.2. The zero-order valence-electron chi connectivity index (χ0n) is 17.8. The van der Waals surface area contributed by atoms with Gasteiger partial charge in [-0.25, -0.2) is 4.98 Å². The molecule has 0 radical (unpaired) electrons. The molecule has 2 aromatic carbocycles. The molecule has 0 bridgehead atoms. The van der Waals surface area contributed by atoms with Gasteiger partial charge in [-0.05, 0) is 37.3 Å². The molecule has 0 aliphatic heterocycles. The number of aryl methyl sites for hydroxylation is 1. The van der Waals surface area contributed by atoms with Crippen molar-refractivity contribution in [1.29, 1.82) is 0 Å². The van der Waals surface area contributed by atoms with Crippen molar-refractivity contribution in [3.05, 3.63) is 88.8 Å². The summed E-state index contributed by atoms with van der Waals surface area (Å²) >= 11 is 1.35. The third-order valence-corrected chi connectivity index (χ3v) is 5.73. The van der Waals surface area contributed by atoms with E-state index in [1.807, 2.05) is 31.2 Å². The number of halogens is 3. The van der Waals surface area contributed by atoms with Gasteiger partial charge in [0, 0.05) is 16.6 Å². The van der Waals surface area contributed by atoms with E-state index in [2.05, 4.69) is 15.6 Å². The van der Waals surface area contributed by atoms with E-state index < -0.39 is 29.2 Å². The number of amides is 2.